The molecule has 3 nitrogen and oxygen atoms in total. The monoisotopic (exact) mass is 585 g/mol. The Labute approximate surface area is 256 Å². The first kappa shape index (κ1) is 24.5. The quantitative estimate of drug-likeness (QED) is 0.206. The van der Waals surface area contributed by atoms with E-state index >= 15 is 0 Å². The molecule has 0 fully saturated rings. The molecule has 0 radical (unpaired) electrons. The second-order valence-corrected chi connectivity index (χ2v) is 13.0. The van der Waals surface area contributed by atoms with Crippen LogP contribution in [0.15, 0.2) is 140 Å². The van der Waals surface area contributed by atoms with Gasteiger partial charge in [0.2, 0.25) is 0 Å². The second kappa shape index (κ2) is 9.73. The predicted molar refractivity (Wildman–Crippen MR) is 183 cm³/mol. The topological polar surface area (TPSA) is 30.7 Å². The van der Waals surface area contributed by atoms with Crippen LogP contribution in [0.25, 0.3) is 80.2 Å². The van der Waals surface area contributed by atoms with Gasteiger partial charge in [0.15, 0.2) is 5.82 Å². The van der Waals surface area contributed by atoms with Crippen LogP contribution in [0.1, 0.15) is 0 Å². The highest BCUT2D eigenvalue weighted by atomic mass is 32.2. The molecular formula is C38H23N3S2. The first-order valence-corrected chi connectivity index (χ1v) is 15.9. The summed E-state index contributed by atoms with van der Waals surface area (Å²) in [6, 6.07) is 49.0. The van der Waals surface area contributed by atoms with E-state index in [0.717, 1.165) is 33.9 Å². The molecule has 0 aliphatic heterocycles. The Morgan fingerprint density at radius 2 is 1.14 bits per heavy atom. The van der Waals surface area contributed by atoms with Crippen molar-refractivity contribution in [3.63, 3.8) is 0 Å². The van der Waals surface area contributed by atoms with Crippen LogP contribution in [-0.2, 0) is 0 Å². The molecule has 5 aromatic carbocycles. The number of benzene rings is 5. The first-order chi connectivity index (χ1) is 21.3. The van der Waals surface area contributed by atoms with Gasteiger partial charge in [-0.05, 0) is 42.5 Å². The maximum atomic E-state index is 5.11. The highest BCUT2D eigenvalue weighted by Gasteiger charge is 2.21. The summed E-state index contributed by atoms with van der Waals surface area (Å²) >= 11 is 3.77. The smallest absolute Gasteiger partial charge is 0.160 e. The molecule has 0 saturated heterocycles. The fourth-order valence-electron chi connectivity index (χ4n) is 6.08. The molecule has 9 aromatic rings. The fraction of sp³-hybridized carbons (Fsp3) is 0. The molecule has 0 bridgehead atoms. The normalized spacial score (nSPS) is 11.7. The van der Waals surface area contributed by atoms with Gasteiger partial charge in [-0.25, -0.2) is 9.97 Å². The van der Waals surface area contributed by atoms with Gasteiger partial charge < -0.3 is 4.57 Å². The third-order valence-electron chi connectivity index (χ3n) is 8.05. The van der Waals surface area contributed by atoms with E-state index in [4.69, 9.17) is 9.97 Å². The van der Waals surface area contributed by atoms with Gasteiger partial charge in [0.25, 0.3) is 0 Å². The van der Waals surface area contributed by atoms with Gasteiger partial charge in [-0.15, -0.1) is 22.7 Å². The Morgan fingerprint density at radius 3 is 1.84 bits per heavy atom. The van der Waals surface area contributed by atoms with Crippen LogP contribution < -0.4 is 0 Å². The van der Waals surface area contributed by atoms with E-state index in [1.54, 1.807) is 0 Å². The summed E-state index contributed by atoms with van der Waals surface area (Å²) in [5.41, 5.74) is 8.70. The minimum atomic E-state index is 0.733. The number of hydrogen-bond acceptors (Lipinski definition) is 4. The summed E-state index contributed by atoms with van der Waals surface area (Å²) < 4.78 is 6.39. The molecule has 0 saturated carbocycles. The fourth-order valence-corrected chi connectivity index (χ4v) is 8.75. The maximum absolute atomic E-state index is 5.11. The zero-order valence-corrected chi connectivity index (χ0v) is 24.6. The van der Waals surface area contributed by atoms with Gasteiger partial charge in [0.05, 0.1) is 31.1 Å². The van der Waals surface area contributed by atoms with Crippen LogP contribution >= 0.6 is 22.7 Å². The number of thiophene rings is 2. The summed E-state index contributed by atoms with van der Waals surface area (Å²) in [4.78, 5) is 10.2. The van der Waals surface area contributed by atoms with Crippen molar-refractivity contribution in [2.45, 2.75) is 0 Å². The van der Waals surface area contributed by atoms with Crippen LogP contribution in [0, 0.1) is 0 Å². The van der Waals surface area contributed by atoms with E-state index in [9.17, 15) is 0 Å². The van der Waals surface area contributed by atoms with Gasteiger partial charge in [-0.1, -0.05) is 97.1 Å². The average molecular weight is 586 g/mol. The van der Waals surface area contributed by atoms with Crippen molar-refractivity contribution in [2.75, 3.05) is 0 Å². The number of rotatable bonds is 4. The van der Waals surface area contributed by atoms with E-state index < -0.39 is 0 Å². The van der Waals surface area contributed by atoms with E-state index in [0.29, 0.717) is 0 Å². The molecule has 0 atom stereocenters. The third kappa shape index (κ3) is 3.93. The Morgan fingerprint density at radius 1 is 0.512 bits per heavy atom. The standard InChI is InChI=1S/C38H23N3S2/c1-4-12-24(13-5-1)30-23-31(25-14-6-2-7-15-25)40-37(39-30)26-20-21-33-29(22-26)34-35-36(43-38(34)42-33)28-18-10-11-19-32(28)41(35)27-16-8-3-9-17-27/h1-23H. The number of hydrogen-bond donors (Lipinski definition) is 0. The summed E-state index contributed by atoms with van der Waals surface area (Å²) in [6.45, 7) is 0. The number of aromatic nitrogens is 3. The largest absolute Gasteiger partial charge is 0.308 e. The lowest BCUT2D eigenvalue weighted by molar-refractivity contribution is 1.18. The highest BCUT2D eigenvalue weighted by Crippen LogP contribution is 2.49. The second-order valence-electron chi connectivity index (χ2n) is 10.6. The SMILES string of the molecule is c1ccc(-c2cc(-c3ccccc3)nc(-c3ccc4sc5sc6c7ccccc7n(-c7ccccc7)c6c5c4c3)n2)cc1. The highest BCUT2D eigenvalue weighted by molar-refractivity contribution is 7.45. The molecule has 43 heavy (non-hydrogen) atoms. The van der Waals surface area contributed by atoms with Gasteiger partial charge >= 0.3 is 0 Å². The molecule has 0 aliphatic carbocycles. The summed E-state index contributed by atoms with van der Waals surface area (Å²) in [6.07, 6.45) is 0. The molecule has 4 heterocycles. The van der Waals surface area contributed by atoms with Crippen molar-refractivity contribution in [1.29, 1.82) is 0 Å². The maximum Gasteiger partial charge on any atom is 0.160 e. The molecule has 0 unspecified atom stereocenters. The number of para-hydroxylation sites is 2. The zero-order chi connectivity index (χ0) is 28.3. The van der Waals surface area contributed by atoms with Gasteiger partial charge in [0.1, 0.15) is 0 Å². The number of nitrogens with zero attached hydrogens (tertiary/aromatic N) is 3. The molecule has 4 aromatic heterocycles. The lowest BCUT2D eigenvalue weighted by Gasteiger charge is -2.10. The minimum absolute atomic E-state index is 0.733. The van der Waals surface area contributed by atoms with E-state index in [1.807, 2.05) is 34.8 Å². The Bertz CT molecular complexity index is 2380. The molecule has 0 N–H and O–H groups in total. The molecule has 0 aliphatic rings. The van der Waals surface area contributed by atoms with Crippen molar-refractivity contribution in [3.05, 3.63) is 140 Å². The average Bonchev–Trinajstić information content (AvgIpc) is 3.72. The van der Waals surface area contributed by atoms with Gasteiger partial charge in [-0.3, -0.25) is 0 Å². The van der Waals surface area contributed by atoms with Crippen molar-refractivity contribution < 1.29 is 0 Å². The van der Waals surface area contributed by atoms with E-state index in [-0.39, 0.29) is 0 Å². The number of fused-ring (bicyclic) bond motifs is 7. The van der Waals surface area contributed by atoms with Crippen molar-refractivity contribution in [2.24, 2.45) is 0 Å². The molecule has 202 valence electrons. The first-order valence-electron chi connectivity index (χ1n) is 14.3. The molecule has 9 rings (SSSR count). The predicted octanol–water partition coefficient (Wildman–Crippen LogP) is 11.0. The Balaban J connectivity index is 1.32. The van der Waals surface area contributed by atoms with E-state index in [1.165, 1.54) is 46.3 Å². The van der Waals surface area contributed by atoms with Crippen LogP contribution in [0.4, 0.5) is 0 Å². The summed E-state index contributed by atoms with van der Waals surface area (Å²) in [5, 5.41) is 3.86. The summed E-state index contributed by atoms with van der Waals surface area (Å²) in [5.74, 6) is 0.733. The van der Waals surface area contributed by atoms with E-state index in [2.05, 4.69) is 132 Å². The van der Waals surface area contributed by atoms with Gasteiger partial charge in [-0.2, -0.15) is 0 Å². The van der Waals surface area contributed by atoms with Gasteiger partial charge in [0, 0.05) is 43.2 Å². The van der Waals surface area contributed by atoms with Crippen LogP contribution in [0.2, 0.25) is 0 Å². The molecule has 0 spiro atoms. The molecular weight excluding hydrogens is 563 g/mol. The Kier molecular flexibility index (Phi) is 5.54. The molecule has 0 amide bonds. The van der Waals surface area contributed by atoms with Crippen molar-refractivity contribution >= 4 is 63.3 Å². The minimum Gasteiger partial charge on any atom is -0.308 e. The zero-order valence-electron chi connectivity index (χ0n) is 22.9. The van der Waals surface area contributed by atoms with Crippen molar-refractivity contribution in [1.82, 2.24) is 14.5 Å². The van der Waals surface area contributed by atoms with Crippen LogP contribution in [0.5, 0.6) is 0 Å². The Hall–Kier alpha value is -5.10. The van der Waals surface area contributed by atoms with Crippen molar-refractivity contribution in [3.8, 4) is 39.6 Å². The molecule has 5 heteroatoms. The third-order valence-corrected chi connectivity index (χ3v) is 10.5. The van der Waals surface area contributed by atoms with Crippen LogP contribution in [-0.4, -0.2) is 14.5 Å². The lowest BCUT2D eigenvalue weighted by atomic mass is 10.1. The summed E-state index contributed by atoms with van der Waals surface area (Å²) in [7, 11) is 0. The lowest BCUT2D eigenvalue weighted by Crippen LogP contribution is -1.96. The van der Waals surface area contributed by atoms with Crippen LogP contribution in [0.3, 0.4) is 0 Å².